The van der Waals surface area contributed by atoms with E-state index in [0.29, 0.717) is 5.69 Å². The molecule has 0 heterocycles. The van der Waals surface area contributed by atoms with Gasteiger partial charge in [0, 0.05) is 4.47 Å². The first-order chi connectivity index (χ1) is 7.95. The molecular formula is C12H18BrClN2O2. The van der Waals surface area contributed by atoms with E-state index >= 15 is 0 Å². The Kier molecular flexibility index (Phi) is 7.28. The maximum Gasteiger partial charge on any atom is 0.241 e. The lowest BCUT2D eigenvalue weighted by atomic mass is 9.99. The van der Waals surface area contributed by atoms with Crippen LogP contribution in [0.2, 0.25) is 0 Å². The fourth-order valence-electron chi connectivity index (χ4n) is 1.34. The molecule has 0 aliphatic rings. The van der Waals surface area contributed by atoms with Crippen molar-refractivity contribution >= 4 is 39.9 Å². The lowest BCUT2D eigenvalue weighted by molar-refractivity contribution is -0.118. The van der Waals surface area contributed by atoms with Gasteiger partial charge in [0.1, 0.15) is 5.75 Å². The van der Waals surface area contributed by atoms with Crippen LogP contribution in [0.25, 0.3) is 0 Å². The predicted octanol–water partition coefficient (Wildman–Crippen LogP) is 2.89. The molecule has 18 heavy (non-hydrogen) atoms. The number of hydrogen-bond donors (Lipinski definition) is 3. The minimum atomic E-state index is -0.571. The number of anilines is 1. The highest BCUT2D eigenvalue weighted by Gasteiger charge is 2.20. The van der Waals surface area contributed by atoms with E-state index in [4.69, 9.17) is 5.73 Å². The van der Waals surface area contributed by atoms with E-state index in [2.05, 4.69) is 21.2 Å². The smallest absolute Gasteiger partial charge is 0.241 e. The molecule has 0 aliphatic carbocycles. The molecule has 0 spiro atoms. The molecule has 0 bridgehead atoms. The molecule has 2 atom stereocenters. The highest BCUT2D eigenvalue weighted by Crippen LogP contribution is 2.27. The van der Waals surface area contributed by atoms with E-state index in [1.807, 2.05) is 13.8 Å². The van der Waals surface area contributed by atoms with Crippen molar-refractivity contribution in [3.05, 3.63) is 22.7 Å². The SMILES string of the molecule is CCC(C)C(N)C(=O)Nc1cc(Br)ccc1O.Cl. The molecular weight excluding hydrogens is 320 g/mol. The first-order valence-corrected chi connectivity index (χ1v) is 6.30. The van der Waals surface area contributed by atoms with Gasteiger partial charge in [0.05, 0.1) is 11.7 Å². The number of carbonyl (C=O) groups excluding carboxylic acids is 1. The third kappa shape index (κ3) is 4.48. The Morgan fingerprint density at radius 3 is 2.72 bits per heavy atom. The zero-order chi connectivity index (χ0) is 13.0. The molecule has 0 aliphatic heterocycles. The van der Waals surface area contributed by atoms with E-state index in [9.17, 15) is 9.90 Å². The molecule has 1 amide bonds. The lowest BCUT2D eigenvalue weighted by Crippen LogP contribution is -2.40. The van der Waals surface area contributed by atoms with Crippen LogP contribution in [0, 0.1) is 5.92 Å². The maximum atomic E-state index is 11.8. The van der Waals surface area contributed by atoms with Crippen LogP contribution in [0.5, 0.6) is 5.75 Å². The van der Waals surface area contributed by atoms with E-state index in [0.717, 1.165) is 10.9 Å². The predicted molar refractivity (Wildman–Crippen MR) is 79.1 cm³/mol. The molecule has 0 aromatic heterocycles. The molecule has 6 heteroatoms. The van der Waals surface area contributed by atoms with Crippen LogP contribution < -0.4 is 11.1 Å². The fraction of sp³-hybridized carbons (Fsp3) is 0.417. The topological polar surface area (TPSA) is 75.4 Å². The molecule has 1 aromatic rings. The van der Waals surface area contributed by atoms with Crippen molar-refractivity contribution in [1.82, 2.24) is 0 Å². The molecule has 1 aromatic carbocycles. The average molecular weight is 338 g/mol. The van der Waals surface area contributed by atoms with Gasteiger partial charge in [-0.25, -0.2) is 0 Å². The Morgan fingerprint density at radius 1 is 1.56 bits per heavy atom. The van der Waals surface area contributed by atoms with Crippen molar-refractivity contribution < 1.29 is 9.90 Å². The van der Waals surface area contributed by atoms with Crippen LogP contribution in [0.3, 0.4) is 0 Å². The number of nitrogens with one attached hydrogen (secondary N) is 1. The van der Waals surface area contributed by atoms with Gasteiger partial charge in [0.25, 0.3) is 0 Å². The van der Waals surface area contributed by atoms with Crippen molar-refractivity contribution in [3.63, 3.8) is 0 Å². The highest BCUT2D eigenvalue weighted by atomic mass is 79.9. The van der Waals surface area contributed by atoms with Crippen molar-refractivity contribution in [1.29, 1.82) is 0 Å². The normalized spacial score (nSPS) is 13.3. The molecule has 102 valence electrons. The molecule has 0 saturated heterocycles. The van der Waals surface area contributed by atoms with Gasteiger partial charge in [-0.15, -0.1) is 12.4 Å². The largest absolute Gasteiger partial charge is 0.506 e. The van der Waals surface area contributed by atoms with Crippen LogP contribution in [0.4, 0.5) is 5.69 Å². The van der Waals surface area contributed by atoms with E-state index in [-0.39, 0.29) is 30.0 Å². The average Bonchev–Trinajstić information content (AvgIpc) is 2.31. The standard InChI is InChI=1S/C12H17BrN2O2.ClH/c1-3-7(2)11(14)12(17)15-9-6-8(13)4-5-10(9)16;/h4-7,11,16H,3,14H2,1-2H3,(H,15,17);1H. The Hall–Kier alpha value is -0.780. The number of nitrogens with two attached hydrogens (primary N) is 1. The van der Waals surface area contributed by atoms with Gasteiger partial charge in [-0.3, -0.25) is 4.79 Å². The number of phenolic OH excluding ortho intramolecular Hbond substituents is 1. The number of rotatable bonds is 4. The Bertz CT molecular complexity index is 415. The van der Waals surface area contributed by atoms with Gasteiger partial charge >= 0.3 is 0 Å². The lowest BCUT2D eigenvalue weighted by Gasteiger charge is -2.18. The van der Waals surface area contributed by atoms with Crippen LogP contribution in [0.1, 0.15) is 20.3 Å². The van der Waals surface area contributed by atoms with Crippen molar-refractivity contribution in [2.24, 2.45) is 11.7 Å². The van der Waals surface area contributed by atoms with E-state index in [1.165, 1.54) is 6.07 Å². The van der Waals surface area contributed by atoms with E-state index in [1.54, 1.807) is 12.1 Å². The maximum absolute atomic E-state index is 11.8. The van der Waals surface area contributed by atoms with Crippen molar-refractivity contribution in [2.75, 3.05) is 5.32 Å². The number of aromatic hydroxyl groups is 1. The molecule has 1 rings (SSSR count). The first kappa shape index (κ1) is 17.2. The number of halogens is 2. The number of carbonyl (C=O) groups is 1. The molecule has 0 fully saturated rings. The van der Waals surface area contributed by atoms with Crippen LogP contribution in [-0.2, 0) is 4.79 Å². The van der Waals surface area contributed by atoms with Crippen LogP contribution >= 0.6 is 28.3 Å². The summed E-state index contributed by atoms with van der Waals surface area (Å²) < 4.78 is 0.780. The molecule has 0 radical (unpaired) electrons. The van der Waals surface area contributed by atoms with Gasteiger partial charge in [0.15, 0.2) is 0 Å². The summed E-state index contributed by atoms with van der Waals surface area (Å²) in [5.41, 5.74) is 6.17. The summed E-state index contributed by atoms with van der Waals surface area (Å²) in [4.78, 5) is 11.8. The van der Waals surface area contributed by atoms with Crippen LogP contribution in [-0.4, -0.2) is 17.1 Å². The second-order valence-corrected chi connectivity index (χ2v) is 4.98. The van der Waals surface area contributed by atoms with E-state index < -0.39 is 6.04 Å². The minimum Gasteiger partial charge on any atom is -0.506 e. The summed E-state index contributed by atoms with van der Waals surface area (Å²) >= 11 is 3.27. The first-order valence-electron chi connectivity index (χ1n) is 5.50. The summed E-state index contributed by atoms with van der Waals surface area (Å²) in [6.07, 6.45) is 0.832. The summed E-state index contributed by atoms with van der Waals surface area (Å²) in [5.74, 6) is -0.157. The quantitative estimate of drug-likeness (QED) is 0.740. The summed E-state index contributed by atoms with van der Waals surface area (Å²) in [5, 5.41) is 12.2. The van der Waals surface area contributed by atoms with Crippen molar-refractivity contribution in [2.45, 2.75) is 26.3 Å². The fourth-order valence-corrected chi connectivity index (χ4v) is 1.70. The third-order valence-electron chi connectivity index (χ3n) is 2.78. The number of hydrogen-bond acceptors (Lipinski definition) is 3. The second-order valence-electron chi connectivity index (χ2n) is 4.06. The number of benzene rings is 1. The number of phenols is 1. The summed E-state index contributed by atoms with van der Waals surface area (Å²) in [7, 11) is 0. The monoisotopic (exact) mass is 336 g/mol. The Labute approximate surface area is 121 Å². The molecule has 2 unspecified atom stereocenters. The Morgan fingerprint density at radius 2 is 2.17 bits per heavy atom. The number of amides is 1. The van der Waals surface area contributed by atoms with Gasteiger partial charge in [-0.2, -0.15) is 0 Å². The summed E-state index contributed by atoms with van der Waals surface area (Å²) in [6, 6.07) is 4.27. The summed E-state index contributed by atoms with van der Waals surface area (Å²) in [6.45, 7) is 3.90. The second kappa shape index (κ2) is 7.61. The molecule has 4 N–H and O–H groups in total. The third-order valence-corrected chi connectivity index (χ3v) is 3.27. The van der Waals surface area contributed by atoms with Gasteiger partial charge in [-0.1, -0.05) is 36.2 Å². The van der Waals surface area contributed by atoms with Gasteiger partial charge in [0.2, 0.25) is 5.91 Å². The van der Waals surface area contributed by atoms with Gasteiger partial charge < -0.3 is 16.2 Å². The van der Waals surface area contributed by atoms with Crippen LogP contribution in [0.15, 0.2) is 22.7 Å². The van der Waals surface area contributed by atoms with Gasteiger partial charge in [-0.05, 0) is 24.1 Å². The zero-order valence-corrected chi connectivity index (χ0v) is 12.7. The molecule has 0 saturated carbocycles. The zero-order valence-electron chi connectivity index (χ0n) is 10.3. The minimum absolute atomic E-state index is 0. The Balaban J connectivity index is 0.00000289. The highest BCUT2D eigenvalue weighted by molar-refractivity contribution is 9.10. The van der Waals surface area contributed by atoms with Crippen molar-refractivity contribution in [3.8, 4) is 5.75 Å². The molecule has 4 nitrogen and oxygen atoms in total.